The van der Waals surface area contributed by atoms with Crippen LogP contribution >= 0.6 is 0 Å². The number of nitrogens with zero attached hydrogens (tertiary/aromatic N) is 2. The second-order valence-corrected chi connectivity index (χ2v) is 2.26. The lowest BCUT2D eigenvalue weighted by atomic mass is 10.3. The molecule has 2 N–H and O–H groups in total. The molecule has 13 heavy (non-hydrogen) atoms. The van der Waals surface area contributed by atoms with Gasteiger partial charge in [0.05, 0.1) is 0 Å². The first-order valence-corrected chi connectivity index (χ1v) is 3.64. The van der Waals surface area contributed by atoms with E-state index in [0.29, 0.717) is 5.56 Å². The average Bonchev–Trinajstić information content (AvgIpc) is 2.15. The maximum atomic E-state index is 11.8. The summed E-state index contributed by atoms with van der Waals surface area (Å²) in [5, 5.41) is 0. The molecule has 0 amide bonds. The van der Waals surface area contributed by atoms with E-state index in [4.69, 9.17) is 10.5 Å². The van der Waals surface area contributed by atoms with Gasteiger partial charge < -0.3 is 10.5 Å². The van der Waals surface area contributed by atoms with E-state index < -0.39 is 13.0 Å². The minimum absolute atomic E-state index is 0.123. The van der Waals surface area contributed by atoms with Crippen LogP contribution in [0.2, 0.25) is 0 Å². The summed E-state index contributed by atoms with van der Waals surface area (Å²) >= 11 is 0. The zero-order valence-electron chi connectivity index (χ0n) is 6.78. The Balaban J connectivity index is 2.64. The molecule has 0 spiro atoms. The highest BCUT2D eigenvalue weighted by Crippen LogP contribution is 2.12. The fraction of sp³-hybridized carbons (Fsp3) is 0.429. The fourth-order valence-corrected chi connectivity index (χ4v) is 0.759. The van der Waals surface area contributed by atoms with Crippen LogP contribution in [0.3, 0.4) is 0 Å². The van der Waals surface area contributed by atoms with Crippen LogP contribution in [0.25, 0.3) is 0 Å². The van der Waals surface area contributed by atoms with Crippen molar-refractivity contribution < 1.29 is 13.5 Å². The predicted octanol–water partition coefficient (Wildman–Crippen LogP) is 0.579. The van der Waals surface area contributed by atoms with E-state index in [1.165, 1.54) is 12.5 Å². The third-order valence-corrected chi connectivity index (χ3v) is 1.31. The quantitative estimate of drug-likeness (QED) is 0.752. The third kappa shape index (κ3) is 2.90. The molecule has 0 aliphatic carbocycles. The zero-order chi connectivity index (χ0) is 9.68. The number of hydrogen-bond donors (Lipinski definition) is 1. The lowest BCUT2D eigenvalue weighted by molar-refractivity contribution is 0.0790. The molecule has 1 rings (SSSR count). The van der Waals surface area contributed by atoms with Gasteiger partial charge in [0.2, 0.25) is 5.88 Å². The Morgan fingerprint density at radius 3 is 2.92 bits per heavy atom. The van der Waals surface area contributed by atoms with Crippen LogP contribution in [0.1, 0.15) is 5.56 Å². The summed E-state index contributed by atoms with van der Waals surface area (Å²) in [4.78, 5) is 7.36. The number of ether oxygens (including phenoxy) is 1. The summed E-state index contributed by atoms with van der Waals surface area (Å²) in [6.07, 6.45) is 0.147. The molecule has 0 aliphatic heterocycles. The molecule has 72 valence electrons. The smallest absolute Gasteiger partial charge is 0.272 e. The topological polar surface area (TPSA) is 61.0 Å². The van der Waals surface area contributed by atoms with Crippen LogP contribution < -0.4 is 10.5 Å². The standard InChI is InChI=1S/C7H9F2N3O/c8-6(9)3-13-7-5(1-10)2-11-4-12-7/h2,4,6H,1,3,10H2. The highest BCUT2D eigenvalue weighted by Gasteiger charge is 2.07. The molecule has 1 heterocycles. The van der Waals surface area contributed by atoms with E-state index in [-0.39, 0.29) is 12.4 Å². The highest BCUT2D eigenvalue weighted by molar-refractivity contribution is 5.21. The Hall–Kier alpha value is -1.30. The van der Waals surface area contributed by atoms with E-state index in [2.05, 4.69) is 9.97 Å². The maximum absolute atomic E-state index is 11.8. The second kappa shape index (κ2) is 4.66. The SMILES string of the molecule is NCc1cncnc1OCC(F)F. The number of rotatable bonds is 4. The van der Waals surface area contributed by atoms with Gasteiger partial charge in [-0.25, -0.2) is 18.7 Å². The summed E-state index contributed by atoms with van der Waals surface area (Å²) in [5.41, 5.74) is 5.83. The molecular weight excluding hydrogens is 180 g/mol. The van der Waals surface area contributed by atoms with Gasteiger partial charge in [-0.2, -0.15) is 0 Å². The molecule has 0 saturated carbocycles. The first kappa shape index (κ1) is 9.79. The number of hydrogen-bond acceptors (Lipinski definition) is 4. The molecule has 1 aromatic heterocycles. The Bertz CT molecular complexity index is 270. The van der Waals surface area contributed by atoms with Crippen LogP contribution in [-0.4, -0.2) is 23.0 Å². The summed E-state index contributed by atoms with van der Waals surface area (Å²) in [5.74, 6) is 0.123. The Morgan fingerprint density at radius 2 is 2.31 bits per heavy atom. The molecule has 0 aromatic carbocycles. The molecule has 0 atom stereocenters. The molecule has 6 heteroatoms. The second-order valence-electron chi connectivity index (χ2n) is 2.26. The highest BCUT2D eigenvalue weighted by atomic mass is 19.3. The van der Waals surface area contributed by atoms with Crippen LogP contribution in [0.15, 0.2) is 12.5 Å². The van der Waals surface area contributed by atoms with Crippen molar-refractivity contribution in [2.45, 2.75) is 13.0 Å². The summed E-state index contributed by atoms with van der Waals surface area (Å²) in [7, 11) is 0. The van der Waals surface area contributed by atoms with Gasteiger partial charge in [-0.15, -0.1) is 0 Å². The molecular formula is C7H9F2N3O. The van der Waals surface area contributed by atoms with E-state index in [1.807, 2.05) is 0 Å². The Morgan fingerprint density at radius 1 is 1.54 bits per heavy atom. The van der Waals surface area contributed by atoms with Crippen LogP contribution in [0, 0.1) is 0 Å². The van der Waals surface area contributed by atoms with Crippen LogP contribution in [-0.2, 0) is 6.54 Å². The van der Waals surface area contributed by atoms with Crippen molar-refractivity contribution >= 4 is 0 Å². The molecule has 0 unspecified atom stereocenters. The largest absolute Gasteiger partial charge is 0.471 e. The molecule has 0 radical (unpaired) electrons. The Kier molecular flexibility index (Phi) is 3.51. The lowest BCUT2D eigenvalue weighted by Crippen LogP contribution is -2.11. The van der Waals surface area contributed by atoms with Crippen molar-refractivity contribution in [2.75, 3.05) is 6.61 Å². The molecule has 0 aliphatic rings. The summed E-state index contributed by atoms with van der Waals surface area (Å²) in [6, 6.07) is 0. The van der Waals surface area contributed by atoms with E-state index in [0.717, 1.165) is 0 Å². The molecule has 0 fully saturated rings. The van der Waals surface area contributed by atoms with Gasteiger partial charge >= 0.3 is 0 Å². The average molecular weight is 189 g/mol. The molecule has 1 aromatic rings. The number of nitrogens with two attached hydrogens (primary N) is 1. The minimum atomic E-state index is -2.51. The van der Waals surface area contributed by atoms with Gasteiger partial charge in [-0.05, 0) is 0 Å². The van der Waals surface area contributed by atoms with E-state index in [9.17, 15) is 8.78 Å². The van der Waals surface area contributed by atoms with Crippen molar-refractivity contribution in [3.63, 3.8) is 0 Å². The van der Waals surface area contributed by atoms with Crippen LogP contribution in [0.5, 0.6) is 5.88 Å². The summed E-state index contributed by atoms with van der Waals surface area (Å²) < 4.78 is 28.2. The fourth-order valence-electron chi connectivity index (χ4n) is 0.759. The molecule has 0 saturated heterocycles. The maximum Gasteiger partial charge on any atom is 0.272 e. The third-order valence-electron chi connectivity index (χ3n) is 1.31. The van der Waals surface area contributed by atoms with Gasteiger partial charge in [0.15, 0.2) is 6.61 Å². The molecule has 4 nitrogen and oxygen atoms in total. The Labute approximate surface area is 73.8 Å². The zero-order valence-corrected chi connectivity index (χ0v) is 6.78. The number of aromatic nitrogens is 2. The first-order chi connectivity index (χ1) is 6.24. The summed E-state index contributed by atoms with van der Waals surface area (Å²) in [6.45, 7) is -0.510. The predicted molar refractivity (Wildman–Crippen MR) is 41.4 cm³/mol. The van der Waals surface area contributed by atoms with Gasteiger partial charge in [0, 0.05) is 18.3 Å². The van der Waals surface area contributed by atoms with Gasteiger partial charge in [0.1, 0.15) is 6.33 Å². The monoisotopic (exact) mass is 189 g/mol. The van der Waals surface area contributed by atoms with Crippen molar-refractivity contribution in [3.8, 4) is 5.88 Å². The van der Waals surface area contributed by atoms with Gasteiger partial charge in [-0.1, -0.05) is 0 Å². The van der Waals surface area contributed by atoms with Crippen LogP contribution in [0.4, 0.5) is 8.78 Å². The van der Waals surface area contributed by atoms with Crippen molar-refractivity contribution in [1.29, 1.82) is 0 Å². The minimum Gasteiger partial charge on any atom is -0.471 e. The van der Waals surface area contributed by atoms with Crippen molar-refractivity contribution in [3.05, 3.63) is 18.1 Å². The molecule has 0 bridgehead atoms. The number of halogens is 2. The van der Waals surface area contributed by atoms with E-state index in [1.54, 1.807) is 0 Å². The van der Waals surface area contributed by atoms with E-state index >= 15 is 0 Å². The number of alkyl halides is 2. The normalized spacial score (nSPS) is 10.5. The first-order valence-electron chi connectivity index (χ1n) is 3.64. The van der Waals surface area contributed by atoms with Gasteiger partial charge in [0.25, 0.3) is 6.43 Å². The van der Waals surface area contributed by atoms with Crippen molar-refractivity contribution in [1.82, 2.24) is 9.97 Å². The lowest BCUT2D eigenvalue weighted by Gasteiger charge is -2.06. The van der Waals surface area contributed by atoms with Crippen molar-refractivity contribution in [2.24, 2.45) is 5.73 Å². The van der Waals surface area contributed by atoms with Gasteiger partial charge in [-0.3, -0.25) is 0 Å².